The third-order valence-corrected chi connectivity index (χ3v) is 3.34. The summed E-state index contributed by atoms with van der Waals surface area (Å²) in [6, 6.07) is 2.05. The summed E-state index contributed by atoms with van der Waals surface area (Å²) < 4.78 is 0. The van der Waals surface area contributed by atoms with Crippen molar-refractivity contribution in [2.75, 3.05) is 23.8 Å². The van der Waals surface area contributed by atoms with E-state index >= 15 is 0 Å². The van der Waals surface area contributed by atoms with E-state index in [1.54, 1.807) is 0 Å². The smallest absolute Gasteiger partial charge is 0.0661 e. The largest absolute Gasteiger partial charge is 0.394 e. The second-order valence-corrected chi connectivity index (χ2v) is 4.81. The number of pyridine rings is 1. The molecule has 1 aromatic heterocycles. The van der Waals surface area contributed by atoms with E-state index in [-0.39, 0.29) is 12.1 Å². The molecule has 1 saturated carbocycles. The van der Waals surface area contributed by atoms with Crippen LogP contribution in [0.2, 0.25) is 0 Å². The highest BCUT2D eigenvalue weighted by Crippen LogP contribution is 2.35. The van der Waals surface area contributed by atoms with Gasteiger partial charge in [-0.25, -0.2) is 0 Å². The van der Waals surface area contributed by atoms with E-state index in [2.05, 4.69) is 28.6 Å². The SMILES string of the molecule is CCCNc1cncc(NC2(CO)CCC2)c1. The van der Waals surface area contributed by atoms with Gasteiger partial charge in [0.25, 0.3) is 0 Å². The van der Waals surface area contributed by atoms with Gasteiger partial charge in [0.2, 0.25) is 0 Å². The molecule has 1 fully saturated rings. The number of hydrogen-bond acceptors (Lipinski definition) is 4. The summed E-state index contributed by atoms with van der Waals surface area (Å²) in [6.45, 7) is 3.29. The van der Waals surface area contributed by atoms with Crippen LogP contribution in [0.5, 0.6) is 0 Å². The number of nitrogens with zero attached hydrogens (tertiary/aromatic N) is 1. The Hall–Kier alpha value is -1.29. The van der Waals surface area contributed by atoms with Crippen LogP contribution in [0.15, 0.2) is 18.5 Å². The van der Waals surface area contributed by atoms with Crippen LogP contribution >= 0.6 is 0 Å². The van der Waals surface area contributed by atoms with Crippen LogP contribution in [0.1, 0.15) is 32.6 Å². The third kappa shape index (κ3) is 2.88. The van der Waals surface area contributed by atoms with Crippen molar-refractivity contribution in [2.24, 2.45) is 0 Å². The monoisotopic (exact) mass is 235 g/mol. The van der Waals surface area contributed by atoms with Crippen molar-refractivity contribution in [2.45, 2.75) is 38.1 Å². The fraction of sp³-hybridized carbons (Fsp3) is 0.615. The maximum absolute atomic E-state index is 9.41. The van der Waals surface area contributed by atoms with E-state index < -0.39 is 0 Å². The fourth-order valence-electron chi connectivity index (χ4n) is 2.11. The Morgan fingerprint density at radius 2 is 2.12 bits per heavy atom. The first kappa shape index (κ1) is 12.2. The number of aliphatic hydroxyl groups excluding tert-OH is 1. The maximum atomic E-state index is 9.41. The molecule has 2 rings (SSSR count). The van der Waals surface area contributed by atoms with Crippen molar-refractivity contribution >= 4 is 11.4 Å². The zero-order chi connectivity index (χ0) is 12.1. The van der Waals surface area contributed by atoms with Gasteiger partial charge in [0.15, 0.2) is 0 Å². The predicted molar refractivity (Wildman–Crippen MR) is 70.3 cm³/mol. The molecule has 17 heavy (non-hydrogen) atoms. The average Bonchev–Trinajstić information content (AvgIpc) is 2.32. The molecule has 4 nitrogen and oxygen atoms in total. The third-order valence-electron chi connectivity index (χ3n) is 3.34. The maximum Gasteiger partial charge on any atom is 0.0661 e. The minimum absolute atomic E-state index is 0.106. The summed E-state index contributed by atoms with van der Waals surface area (Å²) in [5.74, 6) is 0. The first-order valence-corrected chi connectivity index (χ1v) is 6.36. The molecule has 0 spiro atoms. The molecule has 4 heteroatoms. The Morgan fingerprint density at radius 1 is 1.35 bits per heavy atom. The Morgan fingerprint density at radius 3 is 2.71 bits per heavy atom. The molecule has 0 radical (unpaired) electrons. The number of aliphatic hydroxyl groups is 1. The van der Waals surface area contributed by atoms with Crippen LogP contribution in [-0.4, -0.2) is 28.8 Å². The molecule has 0 saturated heterocycles. The minimum Gasteiger partial charge on any atom is -0.394 e. The Labute approximate surface area is 102 Å². The topological polar surface area (TPSA) is 57.2 Å². The lowest BCUT2D eigenvalue weighted by atomic mass is 9.77. The average molecular weight is 235 g/mol. The zero-order valence-corrected chi connectivity index (χ0v) is 10.4. The van der Waals surface area contributed by atoms with Crippen molar-refractivity contribution in [3.63, 3.8) is 0 Å². The highest BCUT2D eigenvalue weighted by atomic mass is 16.3. The summed E-state index contributed by atoms with van der Waals surface area (Å²) >= 11 is 0. The van der Waals surface area contributed by atoms with Crippen molar-refractivity contribution < 1.29 is 5.11 Å². The highest BCUT2D eigenvalue weighted by molar-refractivity contribution is 5.55. The summed E-state index contributed by atoms with van der Waals surface area (Å²) in [4.78, 5) is 4.21. The standard InChI is InChI=1S/C13H21N3O/c1-2-6-15-11-7-12(9-14-8-11)16-13(10-17)4-3-5-13/h7-9,15-17H,2-6,10H2,1H3. The molecule has 0 amide bonds. The quantitative estimate of drug-likeness (QED) is 0.707. The lowest BCUT2D eigenvalue weighted by Crippen LogP contribution is -2.48. The van der Waals surface area contributed by atoms with E-state index in [4.69, 9.17) is 0 Å². The van der Waals surface area contributed by atoms with Gasteiger partial charge in [0, 0.05) is 6.54 Å². The van der Waals surface area contributed by atoms with Crippen LogP contribution < -0.4 is 10.6 Å². The van der Waals surface area contributed by atoms with Crippen LogP contribution in [-0.2, 0) is 0 Å². The Balaban J connectivity index is 2.00. The summed E-state index contributed by atoms with van der Waals surface area (Å²) in [5.41, 5.74) is 1.91. The van der Waals surface area contributed by atoms with Gasteiger partial charge >= 0.3 is 0 Å². The molecular formula is C13H21N3O. The van der Waals surface area contributed by atoms with Gasteiger partial charge in [0.05, 0.1) is 35.9 Å². The van der Waals surface area contributed by atoms with E-state index in [9.17, 15) is 5.11 Å². The van der Waals surface area contributed by atoms with Crippen molar-refractivity contribution in [3.05, 3.63) is 18.5 Å². The van der Waals surface area contributed by atoms with Crippen molar-refractivity contribution in [1.29, 1.82) is 0 Å². The first-order chi connectivity index (χ1) is 8.28. The first-order valence-electron chi connectivity index (χ1n) is 6.36. The van der Waals surface area contributed by atoms with Crippen LogP contribution in [0.25, 0.3) is 0 Å². The molecule has 0 atom stereocenters. The normalized spacial score (nSPS) is 17.3. The molecule has 1 aromatic rings. The van der Waals surface area contributed by atoms with E-state index in [0.717, 1.165) is 37.2 Å². The molecule has 0 unspecified atom stereocenters. The van der Waals surface area contributed by atoms with Crippen LogP contribution in [0.3, 0.4) is 0 Å². The van der Waals surface area contributed by atoms with Gasteiger partial charge < -0.3 is 15.7 Å². The predicted octanol–water partition coefficient (Wildman–Crippen LogP) is 2.23. The number of aromatic nitrogens is 1. The van der Waals surface area contributed by atoms with Gasteiger partial charge in [-0.2, -0.15) is 0 Å². The summed E-state index contributed by atoms with van der Waals surface area (Å²) in [5, 5.41) is 16.1. The van der Waals surface area contributed by atoms with E-state index in [0.29, 0.717) is 0 Å². The lowest BCUT2D eigenvalue weighted by Gasteiger charge is -2.41. The molecule has 0 bridgehead atoms. The van der Waals surface area contributed by atoms with Gasteiger partial charge in [-0.15, -0.1) is 0 Å². The second-order valence-electron chi connectivity index (χ2n) is 4.81. The van der Waals surface area contributed by atoms with Gasteiger partial charge in [-0.05, 0) is 31.7 Å². The fourth-order valence-corrected chi connectivity index (χ4v) is 2.11. The van der Waals surface area contributed by atoms with Gasteiger partial charge in [-0.3, -0.25) is 4.98 Å². The highest BCUT2D eigenvalue weighted by Gasteiger charge is 2.36. The Bertz CT molecular complexity index is 358. The number of nitrogens with one attached hydrogen (secondary N) is 2. The van der Waals surface area contributed by atoms with E-state index in [1.165, 1.54) is 6.42 Å². The lowest BCUT2D eigenvalue weighted by molar-refractivity contribution is 0.144. The minimum atomic E-state index is -0.106. The van der Waals surface area contributed by atoms with Gasteiger partial charge in [0.1, 0.15) is 0 Å². The molecule has 1 heterocycles. The van der Waals surface area contributed by atoms with Crippen molar-refractivity contribution in [3.8, 4) is 0 Å². The molecular weight excluding hydrogens is 214 g/mol. The van der Waals surface area contributed by atoms with E-state index in [1.807, 2.05) is 12.4 Å². The summed E-state index contributed by atoms with van der Waals surface area (Å²) in [7, 11) is 0. The number of rotatable bonds is 6. The molecule has 0 aliphatic heterocycles. The zero-order valence-electron chi connectivity index (χ0n) is 10.4. The molecule has 94 valence electrons. The molecule has 1 aliphatic rings. The van der Waals surface area contributed by atoms with Gasteiger partial charge in [-0.1, -0.05) is 6.92 Å². The Kier molecular flexibility index (Phi) is 3.84. The van der Waals surface area contributed by atoms with Crippen LogP contribution in [0.4, 0.5) is 11.4 Å². The number of hydrogen-bond donors (Lipinski definition) is 3. The van der Waals surface area contributed by atoms with Crippen molar-refractivity contribution in [1.82, 2.24) is 4.98 Å². The second kappa shape index (κ2) is 5.36. The molecule has 3 N–H and O–H groups in total. The summed E-state index contributed by atoms with van der Waals surface area (Å²) in [6.07, 6.45) is 8.00. The molecule has 1 aliphatic carbocycles. The number of anilines is 2. The molecule has 0 aromatic carbocycles. The van der Waals surface area contributed by atoms with Crippen LogP contribution in [0, 0.1) is 0 Å².